The van der Waals surface area contributed by atoms with Crippen molar-refractivity contribution in [2.45, 2.75) is 19.1 Å². The summed E-state index contributed by atoms with van der Waals surface area (Å²) in [5.41, 5.74) is 3.01. The van der Waals surface area contributed by atoms with Crippen LogP contribution in [0.5, 0.6) is 0 Å². The molecular formula is C19H20N2O3. The Kier molecular flexibility index (Phi) is 5.13. The van der Waals surface area contributed by atoms with Gasteiger partial charge in [-0.2, -0.15) is 0 Å². The van der Waals surface area contributed by atoms with Crippen LogP contribution in [0, 0.1) is 0 Å². The maximum absolute atomic E-state index is 11.9. The van der Waals surface area contributed by atoms with E-state index in [0.717, 1.165) is 22.0 Å². The molecule has 3 aromatic rings. The van der Waals surface area contributed by atoms with Crippen molar-refractivity contribution in [2.24, 2.45) is 0 Å². The first-order valence-corrected chi connectivity index (χ1v) is 7.89. The molecule has 0 saturated heterocycles. The summed E-state index contributed by atoms with van der Waals surface area (Å²) < 4.78 is 5.20. The van der Waals surface area contributed by atoms with Crippen molar-refractivity contribution >= 4 is 17.0 Å². The van der Waals surface area contributed by atoms with E-state index in [9.17, 15) is 9.90 Å². The summed E-state index contributed by atoms with van der Waals surface area (Å²) >= 11 is 0. The van der Waals surface area contributed by atoms with Gasteiger partial charge < -0.3 is 20.1 Å². The minimum absolute atomic E-state index is 0.153. The summed E-state index contributed by atoms with van der Waals surface area (Å²) in [6, 6.07) is 17.0. The molecule has 1 aromatic heterocycles. The van der Waals surface area contributed by atoms with Gasteiger partial charge in [0, 0.05) is 17.1 Å². The van der Waals surface area contributed by atoms with Gasteiger partial charge in [-0.05, 0) is 23.6 Å². The van der Waals surface area contributed by atoms with Crippen LogP contribution in [-0.4, -0.2) is 28.8 Å². The van der Waals surface area contributed by atoms with E-state index in [-0.39, 0.29) is 13.2 Å². The van der Waals surface area contributed by atoms with Gasteiger partial charge in [0.25, 0.3) is 0 Å². The highest BCUT2D eigenvalue weighted by molar-refractivity contribution is 5.83. The number of H-pyrrole nitrogens is 1. The minimum atomic E-state index is -0.530. The molecule has 0 bridgehead atoms. The monoisotopic (exact) mass is 324 g/mol. The fourth-order valence-electron chi connectivity index (χ4n) is 2.66. The van der Waals surface area contributed by atoms with Crippen LogP contribution in [0.3, 0.4) is 0 Å². The van der Waals surface area contributed by atoms with E-state index >= 15 is 0 Å². The summed E-state index contributed by atoms with van der Waals surface area (Å²) in [7, 11) is 0. The largest absolute Gasteiger partial charge is 0.445 e. The first-order valence-electron chi connectivity index (χ1n) is 7.89. The number of rotatable bonds is 6. The lowest BCUT2D eigenvalue weighted by molar-refractivity contribution is 0.129. The summed E-state index contributed by atoms with van der Waals surface area (Å²) in [5.74, 6) is 0. The van der Waals surface area contributed by atoms with E-state index in [1.165, 1.54) is 0 Å². The van der Waals surface area contributed by atoms with Crippen molar-refractivity contribution < 1.29 is 14.6 Å². The predicted molar refractivity (Wildman–Crippen MR) is 92.6 cm³/mol. The molecule has 0 aliphatic carbocycles. The number of aromatic amines is 1. The van der Waals surface area contributed by atoms with Crippen LogP contribution in [0.1, 0.15) is 11.1 Å². The number of hydrogen-bond acceptors (Lipinski definition) is 3. The first-order chi connectivity index (χ1) is 11.8. The second-order valence-electron chi connectivity index (χ2n) is 5.65. The van der Waals surface area contributed by atoms with Crippen molar-refractivity contribution in [2.75, 3.05) is 6.61 Å². The van der Waals surface area contributed by atoms with Crippen LogP contribution in [0.15, 0.2) is 60.8 Å². The Hall–Kier alpha value is -2.79. The minimum Gasteiger partial charge on any atom is -0.445 e. The van der Waals surface area contributed by atoms with Gasteiger partial charge in [0.1, 0.15) is 6.61 Å². The summed E-state index contributed by atoms with van der Waals surface area (Å²) in [4.78, 5) is 15.1. The highest BCUT2D eigenvalue weighted by Crippen LogP contribution is 2.19. The van der Waals surface area contributed by atoms with E-state index in [2.05, 4.69) is 10.3 Å². The van der Waals surface area contributed by atoms with Crippen molar-refractivity contribution in [3.05, 3.63) is 71.9 Å². The number of amides is 1. The van der Waals surface area contributed by atoms with Gasteiger partial charge in [0.05, 0.1) is 12.6 Å². The molecule has 1 heterocycles. The number of aliphatic hydroxyl groups excluding tert-OH is 1. The first kappa shape index (κ1) is 16.1. The van der Waals surface area contributed by atoms with Gasteiger partial charge in [0.15, 0.2) is 0 Å². The number of hydrogen-bond donors (Lipinski definition) is 3. The van der Waals surface area contributed by atoms with Gasteiger partial charge in [-0.15, -0.1) is 0 Å². The van der Waals surface area contributed by atoms with Gasteiger partial charge in [-0.3, -0.25) is 0 Å². The Labute approximate surface area is 140 Å². The van der Waals surface area contributed by atoms with Crippen molar-refractivity contribution in [1.82, 2.24) is 10.3 Å². The highest BCUT2D eigenvalue weighted by atomic mass is 16.5. The van der Waals surface area contributed by atoms with Crippen LogP contribution >= 0.6 is 0 Å². The molecule has 2 aromatic carbocycles. The molecule has 3 rings (SSSR count). The number of aromatic nitrogens is 1. The van der Waals surface area contributed by atoms with Gasteiger partial charge in [0.2, 0.25) is 0 Å². The van der Waals surface area contributed by atoms with Crippen LogP contribution in [0.4, 0.5) is 4.79 Å². The molecule has 5 nitrogen and oxygen atoms in total. The summed E-state index contributed by atoms with van der Waals surface area (Å²) in [5, 5.41) is 13.4. The van der Waals surface area contributed by atoms with Crippen molar-refractivity contribution in [3.8, 4) is 0 Å². The van der Waals surface area contributed by atoms with E-state index in [1.807, 2.05) is 60.8 Å². The topological polar surface area (TPSA) is 74.4 Å². The van der Waals surface area contributed by atoms with Gasteiger partial charge >= 0.3 is 6.09 Å². The lowest BCUT2D eigenvalue weighted by Gasteiger charge is -2.16. The number of aliphatic hydroxyl groups is 1. The van der Waals surface area contributed by atoms with Gasteiger partial charge in [-0.25, -0.2) is 4.79 Å². The highest BCUT2D eigenvalue weighted by Gasteiger charge is 2.15. The predicted octanol–water partition coefficient (Wildman–Crippen LogP) is 3.00. The summed E-state index contributed by atoms with van der Waals surface area (Å²) in [6.45, 7) is 0.0534. The number of ether oxygens (including phenoxy) is 1. The van der Waals surface area contributed by atoms with E-state index in [0.29, 0.717) is 6.42 Å². The number of para-hydroxylation sites is 1. The Bertz CT molecular complexity index is 798. The number of alkyl carbamates (subject to hydrolysis) is 1. The molecule has 1 amide bonds. The molecule has 0 aliphatic heterocycles. The molecular weight excluding hydrogens is 304 g/mol. The lowest BCUT2D eigenvalue weighted by Crippen LogP contribution is -2.39. The van der Waals surface area contributed by atoms with Crippen molar-refractivity contribution in [3.63, 3.8) is 0 Å². The lowest BCUT2D eigenvalue weighted by atomic mass is 10.1. The zero-order valence-corrected chi connectivity index (χ0v) is 13.2. The van der Waals surface area contributed by atoms with Crippen LogP contribution in [0.2, 0.25) is 0 Å². The SMILES string of the molecule is O=C(N[C@H](CO)Cc1c[nH]c2ccccc12)OCc1ccccc1. The second kappa shape index (κ2) is 7.66. The number of carbonyl (C=O) groups is 1. The molecule has 24 heavy (non-hydrogen) atoms. The average molecular weight is 324 g/mol. The number of fused-ring (bicyclic) bond motifs is 1. The Balaban J connectivity index is 1.57. The molecule has 0 spiro atoms. The molecule has 1 atom stereocenters. The molecule has 5 heteroatoms. The molecule has 0 aliphatic rings. The molecule has 0 unspecified atom stereocenters. The third kappa shape index (κ3) is 3.94. The van der Waals surface area contributed by atoms with Gasteiger partial charge in [-0.1, -0.05) is 48.5 Å². The Morgan fingerprint density at radius 3 is 2.67 bits per heavy atom. The zero-order valence-electron chi connectivity index (χ0n) is 13.2. The van der Waals surface area contributed by atoms with E-state index in [1.54, 1.807) is 0 Å². The quantitative estimate of drug-likeness (QED) is 0.652. The third-order valence-electron chi connectivity index (χ3n) is 3.90. The van der Waals surface area contributed by atoms with E-state index < -0.39 is 12.1 Å². The fourth-order valence-corrected chi connectivity index (χ4v) is 2.66. The average Bonchev–Trinajstić information content (AvgIpc) is 3.03. The smallest absolute Gasteiger partial charge is 0.407 e. The standard InChI is InChI=1S/C19H20N2O3/c22-12-16(10-15-11-20-18-9-5-4-8-17(15)18)21-19(23)24-13-14-6-2-1-3-7-14/h1-9,11,16,20,22H,10,12-13H2,(H,21,23)/t16-/m0/s1. The maximum atomic E-state index is 11.9. The molecule has 124 valence electrons. The normalized spacial score (nSPS) is 12.0. The van der Waals surface area contributed by atoms with Crippen molar-refractivity contribution in [1.29, 1.82) is 0 Å². The van der Waals surface area contributed by atoms with Crippen LogP contribution < -0.4 is 5.32 Å². The number of benzene rings is 2. The Morgan fingerprint density at radius 1 is 1.12 bits per heavy atom. The van der Waals surface area contributed by atoms with Crippen LogP contribution in [0.25, 0.3) is 10.9 Å². The molecule has 0 fully saturated rings. The van der Waals surface area contributed by atoms with Crippen LogP contribution in [-0.2, 0) is 17.8 Å². The fraction of sp³-hybridized carbons (Fsp3) is 0.211. The number of carbonyl (C=O) groups excluding carboxylic acids is 1. The zero-order chi connectivity index (χ0) is 16.8. The Morgan fingerprint density at radius 2 is 1.88 bits per heavy atom. The molecule has 3 N–H and O–H groups in total. The second-order valence-corrected chi connectivity index (χ2v) is 5.65. The maximum Gasteiger partial charge on any atom is 0.407 e. The number of nitrogens with one attached hydrogen (secondary N) is 2. The molecule has 0 saturated carbocycles. The summed E-state index contributed by atoms with van der Waals surface area (Å²) in [6.07, 6.45) is 1.91. The molecule has 0 radical (unpaired) electrons. The van der Waals surface area contributed by atoms with E-state index in [4.69, 9.17) is 4.74 Å². The third-order valence-corrected chi connectivity index (χ3v) is 3.90.